The first-order chi connectivity index (χ1) is 11.2. The largest absolute Gasteiger partial charge is 0.494 e. The van der Waals surface area contributed by atoms with Crippen LogP contribution in [0.1, 0.15) is 18.1 Å². The van der Waals surface area contributed by atoms with Crippen molar-refractivity contribution in [1.29, 1.82) is 0 Å². The van der Waals surface area contributed by atoms with E-state index in [1.54, 1.807) is 6.21 Å². The molecule has 4 nitrogen and oxygen atoms in total. The average Bonchev–Trinajstić information content (AvgIpc) is 2.56. The molecule has 0 aromatic heterocycles. The molecule has 0 atom stereocenters. The van der Waals surface area contributed by atoms with E-state index >= 15 is 0 Å². The highest BCUT2D eigenvalue weighted by Crippen LogP contribution is 2.17. The lowest BCUT2D eigenvalue weighted by molar-refractivity contribution is -0.118. The average molecular weight is 328 g/mol. The summed E-state index contributed by atoms with van der Waals surface area (Å²) < 4.78 is 5.37. The van der Waals surface area contributed by atoms with Crippen LogP contribution in [0.2, 0.25) is 0 Å². The van der Waals surface area contributed by atoms with Crippen molar-refractivity contribution in [2.45, 2.75) is 18.7 Å². The number of hydrazone groups is 1. The molecule has 0 aliphatic rings. The molecule has 0 spiro atoms. The Labute approximate surface area is 140 Å². The molecule has 2 aromatic rings. The molecule has 23 heavy (non-hydrogen) atoms. The summed E-state index contributed by atoms with van der Waals surface area (Å²) in [5, 5.41) is 3.96. The second-order valence-electron chi connectivity index (χ2n) is 4.90. The maximum absolute atomic E-state index is 11.7. The molecule has 0 saturated heterocycles. The van der Waals surface area contributed by atoms with E-state index in [0.717, 1.165) is 16.2 Å². The van der Waals surface area contributed by atoms with Gasteiger partial charge < -0.3 is 4.74 Å². The Balaban J connectivity index is 1.75. The van der Waals surface area contributed by atoms with Crippen LogP contribution in [-0.4, -0.2) is 24.5 Å². The topological polar surface area (TPSA) is 50.7 Å². The number of aryl methyl sites for hydroxylation is 1. The molecule has 0 aliphatic heterocycles. The molecule has 1 amide bonds. The van der Waals surface area contributed by atoms with Crippen molar-refractivity contribution in [3.63, 3.8) is 0 Å². The van der Waals surface area contributed by atoms with Gasteiger partial charge in [-0.2, -0.15) is 5.10 Å². The van der Waals surface area contributed by atoms with Gasteiger partial charge in [-0.15, -0.1) is 11.8 Å². The summed E-state index contributed by atoms with van der Waals surface area (Å²) in [6.45, 7) is 4.62. The van der Waals surface area contributed by atoms with E-state index < -0.39 is 0 Å². The maximum atomic E-state index is 11.7. The summed E-state index contributed by atoms with van der Waals surface area (Å²) in [5.41, 5.74) is 4.64. The number of amides is 1. The van der Waals surface area contributed by atoms with Crippen LogP contribution in [0.5, 0.6) is 5.75 Å². The summed E-state index contributed by atoms with van der Waals surface area (Å²) in [5.74, 6) is 1.03. The number of rotatable bonds is 7. The fourth-order valence-electron chi connectivity index (χ4n) is 1.81. The van der Waals surface area contributed by atoms with E-state index in [4.69, 9.17) is 4.74 Å². The van der Waals surface area contributed by atoms with Gasteiger partial charge in [-0.3, -0.25) is 4.79 Å². The van der Waals surface area contributed by atoms with E-state index in [1.807, 2.05) is 62.4 Å². The standard InChI is InChI=1S/C18H20N2O2S/c1-3-22-16-8-6-15(7-9-16)12-19-20-18(21)13-23-17-10-4-14(2)5-11-17/h4-12H,3,13H2,1-2H3,(H,20,21)/b19-12-. The van der Waals surface area contributed by atoms with Crippen LogP contribution >= 0.6 is 11.8 Å². The van der Waals surface area contributed by atoms with Crippen molar-refractivity contribution < 1.29 is 9.53 Å². The number of thioether (sulfide) groups is 1. The highest BCUT2D eigenvalue weighted by molar-refractivity contribution is 8.00. The van der Waals surface area contributed by atoms with Gasteiger partial charge in [0.2, 0.25) is 5.91 Å². The van der Waals surface area contributed by atoms with Crippen LogP contribution in [0.4, 0.5) is 0 Å². The van der Waals surface area contributed by atoms with Crippen molar-refractivity contribution in [1.82, 2.24) is 5.43 Å². The fourth-order valence-corrected chi connectivity index (χ4v) is 2.50. The maximum Gasteiger partial charge on any atom is 0.250 e. The van der Waals surface area contributed by atoms with Gasteiger partial charge in [0.15, 0.2) is 0 Å². The zero-order chi connectivity index (χ0) is 16.5. The van der Waals surface area contributed by atoms with Crippen LogP contribution in [0.3, 0.4) is 0 Å². The lowest BCUT2D eigenvalue weighted by Crippen LogP contribution is -2.19. The minimum absolute atomic E-state index is 0.127. The molecule has 0 fully saturated rings. The molecule has 1 N–H and O–H groups in total. The normalized spacial score (nSPS) is 10.7. The third-order valence-electron chi connectivity index (χ3n) is 2.98. The van der Waals surface area contributed by atoms with E-state index in [9.17, 15) is 4.79 Å². The molecule has 0 heterocycles. The van der Waals surface area contributed by atoms with E-state index in [-0.39, 0.29) is 5.91 Å². The summed E-state index contributed by atoms with van der Waals surface area (Å²) in [6, 6.07) is 15.6. The van der Waals surface area contributed by atoms with E-state index in [1.165, 1.54) is 17.3 Å². The number of carbonyl (C=O) groups excluding carboxylic acids is 1. The van der Waals surface area contributed by atoms with Gasteiger partial charge in [0.25, 0.3) is 0 Å². The number of nitrogens with zero attached hydrogens (tertiary/aromatic N) is 1. The third kappa shape index (κ3) is 6.16. The van der Waals surface area contributed by atoms with Crippen LogP contribution in [-0.2, 0) is 4.79 Å². The molecule has 0 bridgehead atoms. The lowest BCUT2D eigenvalue weighted by Gasteiger charge is -2.03. The molecular formula is C18H20N2O2S. The first kappa shape index (κ1) is 17.1. The highest BCUT2D eigenvalue weighted by Gasteiger charge is 2.01. The monoisotopic (exact) mass is 328 g/mol. The number of ether oxygens (including phenoxy) is 1. The molecule has 0 saturated carbocycles. The van der Waals surface area contributed by atoms with Crippen LogP contribution in [0, 0.1) is 6.92 Å². The Bertz CT molecular complexity index is 652. The minimum atomic E-state index is -0.127. The van der Waals surface area contributed by atoms with Gasteiger partial charge in [-0.25, -0.2) is 5.43 Å². The summed E-state index contributed by atoms with van der Waals surface area (Å²) in [7, 11) is 0. The van der Waals surface area contributed by atoms with Crippen molar-refractivity contribution in [2.24, 2.45) is 5.10 Å². The number of carbonyl (C=O) groups is 1. The van der Waals surface area contributed by atoms with Crippen molar-refractivity contribution in [3.8, 4) is 5.75 Å². The predicted molar refractivity (Wildman–Crippen MR) is 95.3 cm³/mol. The van der Waals surface area contributed by atoms with Crippen LogP contribution < -0.4 is 10.2 Å². The fraction of sp³-hybridized carbons (Fsp3) is 0.222. The van der Waals surface area contributed by atoms with E-state index in [2.05, 4.69) is 10.5 Å². The molecule has 0 radical (unpaired) electrons. The Morgan fingerprint density at radius 3 is 2.52 bits per heavy atom. The van der Waals surface area contributed by atoms with Gasteiger partial charge in [-0.1, -0.05) is 17.7 Å². The number of hydrogen-bond acceptors (Lipinski definition) is 4. The SMILES string of the molecule is CCOc1ccc(/C=N\NC(=O)CSc2ccc(C)cc2)cc1. The Morgan fingerprint density at radius 1 is 1.17 bits per heavy atom. The summed E-state index contributed by atoms with van der Waals surface area (Å²) in [6.07, 6.45) is 1.62. The van der Waals surface area contributed by atoms with Gasteiger partial charge in [0.1, 0.15) is 5.75 Å². The highest BCUT2D eigenvalue weighted by atomic mass is 32.2. The molecule has 120 valence electrons. The first-order valence-corrected chi connectivity index (χ1v) is 8.40. The predicted octanol–water partition coefficient (Wildman–Crippen LogP) is 3.64. The number of hydrogen-bond donors (Lipinski definition) is 1. The van der Waals surface area contributed by atoms with Crippen molar-refractivity contribution >= 4 is 23.9 Å². The molecule has 0 aliphatic carbocycles. The van der Waals surface area contributed by atoms with Gasteiger partial charge in [0, 0.05) is 4.90 Å². The zero-order valence-corrected chi connectivity index (χ0v) is 14.1. The Hall–Kier alpha value is -2.27. The van der Waals surface area contributed by atoms with Crippen LogP contribution in [0.15, 0.2) is 58.5 Å². The molecule has 2 rings (SSSR count). The lowest BCUT2D eigenvalue weighted by atomic mass is 10.2. The summed E-state index contributed by atoms with van der Waals surface area (Å²) >= 11 is 1.49. The number of benzene rings is 2. The molecular weight excluding hydrogens is 308 g/mol. The number of nitrogens with one attached hydrogen (secondary N) is 1. The summed E-state index contributed by atoms with van der Waals surface area (Å²) in [4.78, 5) is 12.8. The Morgan fingerprint density at radius 2 is 1.87 bits per heavy atom. The van der Waals surface area contributed by atoms with Gasteiger partial charge >= 0.3 is 0 Å². The van der Waals surface area contributed by atoms with Crippen molar-refractivity contribution in [2.75, 3.05) is 12.4 Å². The Kier molecular flexibility index (Phi) is 6.69. The third-order valence-corrected chi connectivity index (χ3v) is 4.00. The quantitative estimate of drug-likeness (QED) is 0.480. The van der Waals surface area contributed by atoms with Gasteiger partial charge in [-0.05, 0) is 55.8 Å². The van der Waals surface area contributed by atoms with Crippen molar-refractivity contribution in [3.05, 3.63) is 59.7 Å². The smallest absolute Gasteiger partial charge is 0.250 e. The molecule has 5 heteroatoms. The second-order valence-corrected chi connectivity index (χ2v) is 5.95. The molecule has 0 unspecified atom stereocenters. The molecule has 2 aromatic carbocycles. The second kappa shape index (κ2) is 9.00. The first-order valence-electron chi connectivity index (χ1n) is 7.41. The van der Waals surface area contributed by atoms with Crippen LogP contribution in [0.25, 0.3) is 0 Å². The van der Waals surface area contributed by atoms with E-state index in [0.29, 0.717) is 12.4 Å². The van der Waals surface area contributed by atoms with Gasteiger partial charge in [0.05, 0.1) is 18.6 Å². The minimum Gasteiger partial charge on any atom is -0.494 e. The zero-order valence-electron chi connectivity index (χ0n) is 13.3.